The topological polar surface area (TPSA) is 26.0 Å². The zero-order chi connectivity index (χ0) is 12.9. The minimum Gasteiger partial charge on any atom is -0.326 e. The van der Waals surface area contributed by atoms with Gasteiger partial charge in [0.15, 0.2) is 0 Å². The van der Waals surface area contributed by atoms with E-state index in [9.17, 15) is 0 Å². The molecule has 5 rings (SSSR count). The van der Waals surface area contributed by atoms with Crippen LogP contribution in [0.25, 0.3) is 0 Å². The molecule has 19 heavy (non-hydrogen) atoms. The molecule has 1 aromatic rings. The van der Waals surface area contributed by atoms with Crippen molar-refractivity contribution in [1.29, 1.82) is 0 Å². The Morgan fingerprint density at radius 1 is 0.895 bits per heavy atom. The van der Waals surface area contributed by atoms with Gasteiger partial charge in [0.05, 0.1) is 0 Å². The molecule has 2 N–H and O–H groups in total. The van der Waals surface area contributed by atoms with E-state index in [0.29, 0.717) is 12.0 Å². The molecule has 0 spiro atoms. The SMILES string of the molecule is NCc1ccccc1CC12CC3CC(CC(C3)C1)C2. The van der Waals surface area contributed by atoms with Crippen LogP contribution in [0.3, 0.4) is 0 Å². The third-order valence-electron chi connectivity index (χ3n) is 6.07. The van der Waals surface area contributed by atoms with Gasteiger partial charge in [-0.15, -0.1) is 0 Å². The van der Waals surface area contributed by atoms with Crippen molar-refractivity contribution in [1.82, 2.24) is 0 Å². The summed E-state index contributed by atoms with van der Waals surface area (Å²) >= 11 is 0. The van der Waals surface area contributed by atoms with Crippen molar-refractivity contribution in [3.05, 3.63) is 35.4 Å². The van der Waals surface area contributed by atoms with Crippen LogP contribution in [-0.2, 0) is 13.0 Å². The van der Waals surface area contributed by atoms with Crippen LogP contribution < -0.4 is 5.73 Å². The van der Waals surface area contributed by atoms with Crippen LogP contribution in [0.1, 0.15) is 49.7 Å². The summed E-state index contributed by atoms with van der Waals surface area (Å²) in [6, 6.07) is 8.86. The lowest BCUT2D eigenvalue weighted by atomic mass is 9.48. The predicted molar refractivity (Wildman–Crippen MR) is 78.6 cm³/mol. The van der Waals surface area contributed by atoms with E-state index in [-0.39, 0.29) is 0 Å². The minimum absolute atomic E-state index is 0.639. The van der Waals surface area contributed by atoms with E-state index in [2.05, 4.69) is 24.3 Å². The first-order valence-electron chi connectivity index (χ1n) is 8.03. The van der Waals surface area contributed by atoms with Crippen molar-refractivity contribution in [2.24, 2.45) is 28.9 Å². The fraction of sp³-hybridized carbons (Fsp3) is 0.667. The van der Waals surface area contributed by atoms with Gasteiger partial charge in [-0.1, -0.05) is 24.3 Å². The third-order valence-corrected chi connectivity index (χ3v) is 6.07. The summed E-state index contributed by atoms with van der Waals surface area (Å²) in [6.45, 7) is 0.697. The first-order chi connectivity index (χ1) is 9.26. The second-order valence-corrected chi connectivity index (χ2v) is 7.57. The van der Waals surface area contributed by atoms with Crippen LogP contribution in [0.2, 0.25) is 0 Å². The maximum Gasteiger partial charge on any atom is 0.0180 e. The smallest absolute Gasteiger partial charge is 0.0180 e. The average Bonchev–Trinajstić information content (AvgIpc) is 2.37. The largest absolute Gasteiger partial charge is 0.326 e. The zero-order valence-electron chi connectivity index (χ0n) is 11.8. The number of hydrogen-bond acceptors (Lipinski definition) is 1. The highest BCUT2D eigenvalue weighted by Crippen LogP contribution is 2.61. The van der Waals surface area contributed by atoms with Crippen molar-refractivity contribution in [2.45, 2.75) is 51.5 Å². The lowest BCUT2D eigenvalue weighted by Crippen LogP contribution is -2.47. The van der Waals surface area contributed by atoms with Crippen molar-refractivity contribution in [3.8, 4) is 0 Å². The van der Waals surface area contributed by atoms with Gasteiger partial charge >= 0.3 is 0 Å². The van der Waals surface area contributed by atoms with Crippen LogP contribution in [0.4, 0.5) is 0 Å². The molecule has 4 bridgehead atoms. The molecule has 0 radical (unpaired) electrons. The highest BCUT2D eigenvalue weighted by Gasteiger charge is 2.50. The van der Waals surface area contributed by atoms with E-state index < -0.39 is 0 Å². The summed E-state index contributed by atoms with van der Waals surface area (Å²) in [5, 5.41) is 0. The minimum atomic E-state index is 0.639. The molecule has 4 aliphatic carbocycles. The number of hydrogen-bond donors (Lipinski definition) is 1. The molecule has 0 saturated heterocycles. The van der Waals surface area contributed by atoms with E-state index in [0.717, 1.165) is 17.8 Å². The Morgan fingerprint density at radius 3 is 1.95 bits per heavy atom. The van der Waals surface area contributed by atoms with E-state index in [1.807, 2.05) is 0 Å². The van der Waals surface area contributed by atoms with Crippen molar-refractivity contribution in [3.63, 3.8) is 0 Å². The molecule has 4 fully saturated rings. The Hall–Kier alpha value is -0.820. The molecule has 1 aromatic carbocycles. The maximum atomic E-state index is 5.92. The molecule has 4 aliphatic rings. The Labute approximate surface area is 116 Å². The van der Waals surface area contributed by atoms with Gasteiger partial charge in [0.25, 0.3) is 0 Å². The molecular weight excluding hydrogens is 230 g/mol. The molecular formula is C18H25N. The zero-order valence-corrected chi connectivity index (χ0v) is 11.8. The van der Waals surface area contributed by atoms with Gasteiger partial charge in [0.1, 0.15) is 0 Å². The molecule has 0 aliphatic heterocycles. The lowest BCUT2D eigenvalue weighted by molar-refractivity contribution is -0.0522. The maximum absolute atomic E-state index is 5.92. The van der Waals surface area contributed by atoms with Gasteiger partial charge in [-0.25, -0.2) is 0 Å². The average molecular weight is 255 g/mol. The number of benzene rings is 1. The monoisotopic (exact) mass is 255 g/mol. The number of rotatable bonds is 3. The first-order valence-corrected chi connectivity index (χ1v) is 8.03. The second-order valence-electron chi connectivity index (χ2n) is 7.57. The summed E-state index contributed by atoms with van der Waals surface area (Å²) in [6.07, 6.45) is 10.4. The molecule has 102 valence electrons. The summed E-state index contributed by atoms with van der Waals surface area (Å²) < 4.78 is 0. The summed E-state index contributed by atoms with van der Waals surface area (Å²) in [4.78, 5) is 0. The van der Waals surface area contributed by atoms with Gasteiger partial charge in [0.2, 0.25) is 0 Å². The normalized spacial score (nSPS) is 39.7. The van der Waals surface area contributed by atoms with E-state index in [4.69, 9.17) is 5.73 Å². The summed E-state index contributed by atoms with van der Waals surface area (Å²) in [5.74, 6) is 3.16. The Bertz CT molecular complexity index is 441. The Kier molecular flexibility index (Phi) is 2.73. The van der Waals surface area contributed by atoms with Crippen LogP contribution >= 0.6 is 0 Å². The van der Waals surface area contributed by atoms with Gasteiger partial charge in [0, 0.05) is 6.54 Å². The Morgan fingerprint density at radius 2 is 1.42 bits per heavy atom. The summed E-state index contributed by atoms with van der Waals surface area (Å²) in [7, 11) is 0. The second kappa shape index (κ2) is 4.34. The molecule has 4 saturated carbocycles. The lowest BCUT2D eigenvalue weighted by Gasteiger charge is -2.57. The molecule has 0 atom stereocenters. The van der Waals surface area contributed by atoms with Gasteiger partial charge < -0.3 is 5.73 Å². The highest BCUT2D eigenvalue weighted by molar-refractivity contribution is 5.28. The fourth-order valence-corrected chi connectivity index (χ4v) is 5.84. The highest BCUT2D eigenvalue weighted by atomic mass is 14.6. The third kappa shape index (κ3) is 2.03. The summed E-state index contributed by atoms with van der Waals surface area (Å²) in [5.41, 5.74) is 9.46. The van der Waals surface area contributed by atoms with Gasteiger partial charge in [-0.3, -0.25) is 0 Å². The van der Waals surface area contributed by atoms with Crippen LogP contribution in [0, 0.1) is 23.2 Å². The quantitative estimate of drug-likeness (QED) is 0.871. The molecule has 1 nitrogen and oxygen atoms in total. The van der Waals surface area contributed by atoms with Gasteiger partial charge in [-0.05, 0) is 79.2 Å². The van der Waals surface area contributed by atoms with Gasteiger partial charge in [-0.2, -0.15) is 0 Å². The molecule has 0 aromatic heterocycles. The van der Waals surface area contributed by atoms with Crippen molar-refractivity contribution >= 4 is 0 Å². The van der Waals surface area contributed by atoms with E-state index >= 15 is 0 Å². The molecule has 1 heteroatoms. The first kappa shape index (κ1) is 12.0. The molecule has 0 amide bonds. The van der Waals surface area contributed by atoms with Crippen LogP contribution in [-0.4, -0.2) is 0 Å². The Balaban J connectivity index is 1.62. The van der Waals surface area contributed by atoms with E-state index in [1.54, 1.807) is 0 Å². The number of nitrogens with two attached hydrogens (primary N) is 1. The molecule has 0 unspecified atom stereocenters. The predicted octanol–water partition coefficient (Wildman–Crippen LogP) is 3.90. The van der Waals surface area contributed by atoms with Crippen LogP contribution in [0.5, 0.6) is 0 Å². The van der Waals surface area contributed by atoms with Crippen molar-refractivity contribution in [2.75, 3.05) is 0 Å². The van der Waals surface area contributed by atoms with E-state index in [1.165, 1.54) is 56.1 Å². The van der Waals surface area contributed by atoms with Crippen LogP contribution in [0.15, 0.2) is 24.3 Å². The van der Waals surface area contributed by atoms with Crippen molar-refractivity contribution < 1.29 is 0 Å². The standard InChI is InChI=1S/C18H25N/c19-12-17-4-2-1-3-16(17)11-18-8-13-5-14(9-18)7-15(6-13)10-18/h1-4,13-15H,5-12,19H2. The molecule has 0 heterocycles. The fourth-order valence-electron chi connectivity index (χ4n) is 5.84.